The van der Waals surface area contributed by atoms with Gasteiger partial charge >= 0.3 is 0 Å². The standard InChI is InChI=1S/C10H10N2O/c1-2-9-8(4-6-13-12-9)10-7(1)3-5-11-10/h1-2,4,6,11-12H,3,5H2. The smallest absolute Gasteiger partial charge is 0.119 e. The summed E-state index contributed by atoms with van der Waals surface area (Å²) in [6.45, 7) is 1.04. The molecule has 0 spiro atoms. The lowest BCUT2D eigenvalue weighted by atomic mass is 10.1. The van der Waals surface area contributed by atoms with Crippen molar-refractivity contribution in [1.29, 1.82) is 0 Å². The van der Waals surface area contributed by atoms with E-state index >= 15 is 0 Å². The molecule has 66 valence electrons. The number of rotatable bonds is 0. The molecule has 3 heteroatoms. The van der Waals surface area contributed by atoms with E-state index in [1.807, 2.05) is 6.08 Å². The third-order valence-electron chi connectivity index (χ3n) is 2.50. The van der Waals surface area contributed by atoms with Gasteiger partial charge in [-0.05, 0) is 24.1 Å². The molecule has 0 aliphatic carbocycles. The van der Waals surface area contributed by atoms with Gasteiger partial charge in [0.2, 0.25) is 0 Å². The van der Waals surface area contributed by atoms with Gasteiger partial charge in [-0.2, -0.15) is 0 Å². The van der Waals surface area contributed by atoms with Crippen LogP contribution in [-0.2, 0) is 11.3 Å². The second-order valence-electron chi connectivity index (χ2n) is 3.26. The summed E-state index contributed by atoms with van der Waals surface area (Å²) in [7, 11) is 0. The number of fused-ring (bicyclic) bond motifs is 3. The van der Waals surface area contributed by atoms with Crippen LogP contribution >= 0.6 is 0 Å². The zero-order valence-corrected chi connectivity index (χ0v) is 7.13. The van der Waals surface area contributed by atoms with Crippen molar-refractivity contribution in [1.82, 2.24) is 0 Å². The molecule has 2 N–H and O–H groups in total. The highest BCUT2D eigenvalue weighted by Crippen LogP contribution is 2.34. The Kier molecular flexibility index (Phi) is 1.27. The summed E-state index contributed by atoms with van der Waals surface area (Å²) in [4.78, 5) is 5.00. The monoisotopic (exact) mass is 174 g/mol. The molecule has 3 nitrogen and oxygen atoms in total. The maximum absolute atomic E-state index is 5.00. The van der Waals surface area contributed by atoms with Crippen LogP contribution in [0.3, 0.4) is 0 Å². The minimum absolute atomic E-state index is 1.04. The number of hydrogen-bond donors (Lipinski definition) is 2. The van der Waals surface area contributed by atoms with Crippen LogP contribution < -0.4 is 10.8 Å². The number of anilines is 2. The van der Waals surface area contributed by atoms with Gasteiger partial charge in [0, 0.05) is 17.8 Å². The van der Waals surface area contributed by atoms with Crippen LogP contribution in [0.2, 0.25) is 0 Å². The molecule has 0 saturated heterocycles. The van der Waals surface area contributed by atoms with Gasteiger partial charge in [0.15, 0.2) is 0 Å². The Labute approximate surface area is 76.4 Å². The van der Waals surface area contributed by atoms with E-state index in [0.29, 0.717) is 0 Å². The lowest BCUT2D eigenvalue weighted by Crippen LogP contribution is -2.03. The van der Waals surface area contributed by atoms with Gasteiger partial charge in [0.25, 0.3) is 0 Å². The molecule has 1 aromatic rings. The zero-order chi connectivity index (χ0) is 8.67. The molecule has 3 rings (SSSR count). The van der Waals surface area contributed by atoms with Gasteiger partial charge < -0.3 is 10.2 Å². The number of nitrogens with one attached hydrogen (secondary N) is 2. The highest BCUT2D eigenvalue weighted by Gasteiger charge is 2.17. The lowest BCUT2D eigenvalue weighted by Gasteiger charge is -2.16. The van der Waals surface area contributed by atoms with Crippen LogP contribution in [0.4, 0.5) is 11.4 Å². The van der Waals surface area contributed by atoms with Gasteiger partial charge in [-0.15, -0.1) is 0 Å². The minimum atomic E-state index is 1.04. The summed E-state index contributed by atoms with van der Waals surface area (Å²) in [6.07, 6.45) is 4.78. The van der Waals surface area contributed by atoms with Crippen molar-refractivity contribution in [2.75, 3.05) is 17.3 Å². The Morgan fingerprint density at radius 1 is 1.31 bits per heavy atom. The van der Waals surface area contributed by atoms with Crippen molar-refractivity contribution >= 4 is 17.5 Å². The number of hydrogen-bond acceptors (Lipinski definition) is 3. The topological polar surface area (TPSA) is 33.3 Å². The Balaban J connectivity index is 2.24. The van der Waals surface area contributed by atoms with E-state index in [-0.39, 0.29) is 0 Å². The molecular weight excluding hydrogens is 164 g/mol. The van der Waals surface area contributed by atoms with Gasteiger partial charge in [-0.1, -0.05) is 6.07 Å². The van der Waals surface area contributed by atoms with Gasteiger partial charge in [0.1, 0.15) is 6.26 Å². The van der Waals surface area contributed by atoms with E-state index in [2.05, 4.69) is 22.9 Å². The fourth-order valence-corrected chi connectivity index (χ4v) is 1.87. The molecule has 0 unspecified atom stereocenters. The van der Waals surface area contributed by atoms with Crippen molar-refractivity contribution in [2.45, 2.75) is 6.42 Å². The maximum atomic E-state index is 5.00. The molecule has 0 aromatic heterocycles. The zero-order valence-electron chi connectivity index (χ0n) is 7.13. The first-order valence-electron chi connectivity index (χ1n) is 4.43. The van der Waals surface area contributed by atoms with Crippen LogP contribution in [0.15, 0.2) is 18.4 Å². The molecule has 0 saturated carbocycles. The molecule has 0 amide bonds. The van der Waals surface area contributed by atoms with Crippen molar-refractivity contribution in [3.63, 3.8) is 0 Å². The Morgan fingerprint density at radius 3 is 3.31 bits per heavy atom. The summed E-state index contributed by atoms with van der Waals surface area (Å²) in [5, 5.41) is 3.38. The molecule has 0 bridgehead atoms. The second kappa shape index (κ2) is 2.42. The van der Waals surface area contributed by atoms with E-state index in [1.165, 1.54) is 16.8 Å². The molecule has 0 atom stereocenters. The summed E-state index contributed by atoms with van der Waals surface area (Å²) in [5.74, 6) is 0. The molecule has 0 radical (unpaired) electrons. The van der Waals surface area contributed by atoms with E-state index in [1.54, 1.807) is 6.26 Å². The highest BCUT2D eigenvalue weighted by molar-refractivity contribution is 5.82. The molecule has 13 heavy (non-hydrogen) atoms. The second-order valence-corrected chi connectivity index (χ2v) is 3.26. The summed E-state index contributed by atoms with van der Waals surface area (Å²) in [5.41, 5.74) is 7.76. The van der Waals surface area contributed by atoms with E-state index < -0.39 is 0 Å². The Morgan fingerprint density at radius 2 is 2.31 bits per heavy atom. The maximum Gasteiger partial charge on any atom is 0.119 e. The highest BCUT2D eigenvalue weighted by atomic mass is 16.6. The van der Waals surface area contributed by atoms with Crippen LogP contribution in [0.5, 0.6) is 0 Å². The fraction of sp³-hybridized carbons (Fsp3) is 0.200. The Hall–Kier alpha value is -1.64. The molecule has 0 fully saturated rings. The SMILES string of the molecule is C1=Cc2c(ccc3c2NCC3)NO1. The molecule has 2 aliphatic heterocycles. The first-order valence-corrected chi connectivity index (χ1v) is 4.43. The van der Waals surface area contributed by atoms with E-state index in [9.17, 15) is 0 Å². The largest absolute Gasteiger partial charge is 0.390 e. The average Bonchev–Trinajstić information content (AvgIpc) is 2.65. The van der Waals surface area contributed by atoms with Crippen LogP contribution in [0, 0.1) is 0 Å². The predicted molar refractivity (Wildman–Crippen MR) is 52.4 cm³/mol. The number of benzene rings is 1. The third kappa shape index (κ3) is 0.900. The average molecular weight is 174 g/mol. The lowest BCUT2D eigenvalue weighted by molar-refractivity contribution is 0.329. The van der Waals surface area contributed by atoms with E-state index in [0.717, 1.165) is 18.7 Å². The molecular formula is C10H10N2O. The summed E-state index contributed by atoms with van der Waals surface area (Å²) < 4.78 is 0. The normalized spacial score (nSPS) is 16.6. The van der Waals surface area contributed by atoms with Gasteiger partial charge in [-0.3, -0.25) is 0 Å². The third-order valence-corrected chi connectivity index (χ3v) is 2.50. The van der Waals surface area contributed by atoms with Gasteiger partial charge in [-0.25, -0.2) is 5.48 Å². The quantitative estimate of drug-likeness (QED) is 0.631. The van der Waals surface area contributed by atoms with Crippen LogP contribution in [0.25, 0.3) is 6.08 Å². The Bertz CT molecular complexity index is 385. The summed E-state index contributed by atoms with van der Waals surface area (Å²) in [6, 6.07) is 4.20. The van der Waals surface area contributed by atoms with Crippen molar-refractivity contribution in [3.8, 4) is 0 Å². The van der Waals surface area contributed by atoms with E-state index in [4.69, 9.17) is 4.84 Å². The summed E-state index contributed by atoms with van der Waals surface area (Å²) >= 11 is 0. The van der Waals surface area contributed by atoms with Crippen molar-refractivity contribution < 1.29 is 4.84 Å². The predicted octanol–water partition coefficient (Wildman–Crippen LogP) is 1.98. The molecule has 1 aromatic carbocycles. The van der Waals surface area contributed by atoms with Crippen LogP contribution in [0.1, 0.15) is 11.1 Å². The first kappa shape index (κ1) is 6.83. The van der Waals surface area contributed by atoms with Crippen molar-refractivity contribution in [2.24, 2.45) is 0 Å². The van der Waals surface area contributed by atoms with Crippen LogP contribution in [-0.4, -0.2) is 6.54 Å². The fourth-order valence-electron chi connectivity index (χ4n) is 1.87. The molecule has 2 heterocycles. The van der Waals surface area contributed by atoms with Gasteiger partial charge in [0.05, 0.1) is 5.69 Å². The minimum Gasteiger partial charge on any atom is -0.390 e. The molecule has 2 aliphatic rings. The first-order chi connectivity index (χ1) is 6.45. The van der Waals surface area contributed by atoms with Crippen molar-refractivity contribution in [3.05, 3.63) is 29.5 Å².